The molecule has 0 atom stereocenters. The van der Waals surface area contributed by atoms with E-state index in [1.165, 1.54) is 0 Å². The molecule has 3 N–H and O–H groups in total. The van der Waals surface area contributed by atoms with E-state index < -0.39 is 0 Å². The van der Waals surface area contributed by atoms with E-state index in [0.29, 0.717) is 19.6 Å². The minimum absolute atomic E-state index is 0.578. The molecule has 0 aliphatic heterocycles. The number of nitrogens with one attached hydrogen (secondary N) is 1. The van der Waals surface area contributed by atoms with Gasteiger partial charge in [0, 0.05) is 36.9 Å². The molecule has 0 amide bonds. The second-order valence-electron chi connectivity index (χ2n) is 3.75. The smallest absolute Gasteiger partial charge is 0.107 e. The monoisotopic (exact) mass is 252 g/mol. The molecule has 2 aromatic heterocycles. The van der Waals surface area contributed by atoms with Gasteiger partial charge in [-0.15, -0.1) is 16.4 Å². The average Bonchev–Trinajstić information content (AvgIpc) is 2.89. The fraction of sp³-hybridized carbons (Fsp3) is 0.500. The van der Waals surface area contributed by atoms with Crippen molar-refractivity contribution in [2.75, 3.05) is 6.54 Å². The number of nitrogens with zero attached hydrogens (tertiary/aromatic N) is 4. The van der Waals surface area contributed by atoms with Crippen molar-refractivity contribution < 1.29 is 0 Å². The standard InChI is InChI=1S/C10H16N6S/c1-8-7-17-10(13-8)5-12-4-9-6-16(3-2-11)15-14-9/h6-7,12H,2-5,11H2,1H3. The van der Waals surface area contributed by atoms with Gasteiger partial charge < -0.3 is 11.1 Å². The van der Waals surface area contributed by atoms with E-state index in [0.717, 1.165) is 22.9 Å². The molecular formula is C10H16N6S. The lowest BCUT2D eigenvalue weighted by molar-refractivity contribution is 0.598. The first-order chi connectivity index (χ1) is 8.28. The minimum atomic E-state index is 0.578. The second-order valence-corrected chi connectivity index (χ2v) is 4.69. The highest BCUT2D eigenvalue weighted by atomic mass is 32.1. The van der Waals surface area contributed by atoms with Gasteiger partial charge in [-0.3, -0.25) is 4.68 Å². The highest BCUT2D eigenvalue weighted by Crippen LogP contribution is 2.07. The van der Waals surface area contributed by atoms with E-state index in [1.807, 2.05) is 13.1 Å². The van der Waals surface area contributed by atoms with Crippen LogP contribution in [0.1, 0.15) is 16.4 Å². The summed E-state index contributed by atoms with van der Waals surface area (Å²) in [5.41, 5.74) is 7.43. The van der Waals surface area contributed by atoms with Crippen LogP contribution in [0.4, 0.5) is 0 Å². The van der Waals surface area contributed by atoms with Gasteiger partial charge in [0.25, 0.3) is 0 Å². The summed E-state index contributed by atoms with van der Waals surface area (Å²) in [5.74, 6) is 0. The van der Waals surface area contributed by atoms with E-state index in [-0.39, 0.29) is 0 Å². The summed E-state index contributed by atoms with van der Waals surface area (Å²) in [4.78, 5) is 4.37. The van der Waals surface area contributed by atoms with Crippen LogP contribution in [-0.2, 0) is 19.6 Å². The lowest BCUT2D eigenvalue weighted by Gasteiger charge is -1.98. The van der Waals surface area contributed by atoms with Crippen LogP contribution >= 0.6 is 11.3 Å². The Kier molecular flexibility index (Phi) is 4.18. The SMILES string of the molecule is Cc1csc(CNCc2cn(CCN)nn2)n1. The van der Waals surface area contributed by atoms with E-state index in [2.05, 4.69) is 26.0 Å². The molecule has 0 aliphatic carbocycles. The Labute approximate surface area is 104 Å². The Hall–Kier alpha value is -1.31. The van der Waals surface area contributed by atoms with Gasteiger partial charge in [-0.1, -0.05) is 5.21 Å². The van der Waals surface area contributed by atoms with Crippen molar-refractivity contribution in [2.45, 2.75) is 26.6 Å². The summed E-state index contributed by atoms with van der Waals surface area (Å²) in [6.45, 7) is 4.75. The van der Waals surface area contributed by atoms with Crippen LogP contribution in [0.2, 0.25) is 0 Å². The number of thiazole rings is 1. The van der Waals surface area contributed by atoms with Gasteiger partial charge in [-0.2, -0.15) is 0 Å². The Morgan fingerprint density at radius 2 is 2.35 bits per heavy atom. The highest BCUT2D eigenvalue weighted by Gasteiger charge is 2.01. The van der Waals surface area contributed by atoms with Crippen LogP contribution in [0.5, 0.6) is 0 Å². The predicted octanol–water partition coefficient (Wildman–Crippen LogP) is 0.292. The fourth-order valence-corrected chi connectivity index (χ4v) is 2.18. The van der Waals surface area contributed by atoms with Gasteiger partial charge in [-0.05, 0) is 6.92 Å². The van der Waals surface area contributed by atoms with Crippen molar-refractivity contribution >= 4 is 11.3 Å². The molecule has 6 nitrogen and oxygen atoms in total. The molecule has 0 spiro atoms. The average molecular weight is 252 g/mol. The van der Waals surface area contributed by atoms with E-state index in [4.69, 9.17) is 5.73 Å². The Balaban J connectivity index is 1.77. The Morgan fingerprint density at radius 1 is 1.47 bits per heavy atom. The first-order valence-corrected chi connectivity index (χ1v) is 6.36. The van der Waals surface area contributed by atoms with Crippen molar-refractivity contribution in [3.05, 3.63) is 28.0 Å². The van der Waals surface area contributed by atoms with Crippen molar-refractivity contribution in [2.24, 2.45) is 5.73 Å². The Bertz CT molecular complexity index is 463. The summed E-state index contributed by atoms with van der Waals surface area (Å²) in [5, 5.41) is 14.5. The van der Waals surface area contributed by atoms with Gasteiger partial charge in [0.05, 0.1) is 12.2 Å². The molecule has 0 saturated carbocycles. The van der Waals surface area contributed by atoms with Gasteiger partial charge >= 0.3 is 0 Å². The second kappa shape index (κ2) is 5.85. The molecular weight excluding hydrogens is 236 g/mol. The van der Waals surface area contributed by atoms with Gasteiger partial charge in [-0.25, -0.2) is 4.98 Å². The quantitative estimate of drug-likeness (QED) is 0.772. The molecule has 0 aromatic carbocycles. The maximum Gasteiger partial charge on any atom is 0.107 e. The first kappa shape index (κ1) is 12.2. The molecule has 0 unspecified atom stereocenters. The molecule has 2 aromatic rings. The fourth-order valence-electron chi connectivity index (χ4n) is 1.44. The molecule has 7 heteroatoms. The summed E-state index contributed by atoms with van der Waals surface area (Å²) >= 11 is 1.67. The Morgan fingerprint density at radius 3 is 3.06 bits per heavy atom. The molecule has 17 heavy (non-hydrogen) atoms. The predicted molar refractivity (Wildman–Crippen MR) is 66.5 cm³/mol. The number of hydrogen-bond acceptors (Lipinski definition) is 6. The van der Waals surface area contributed by atoms with Crippen LogP contribution < -0.4 is 11.1 Å². The molecule has 2 rings (SSSR count). The van der Waals surface area contributed by atoms with Gasteiger partial charge in [0.1, 0.15) is 5.01 Å². The third-order valence-corrected chi connectivity index (χ3v) is 3.16. The number of aromatic nitrogens is 4. The van der Waals surface area contributed by atoms with Crippen molar-refractivity contribution in [3.8, 4) is 0 Å². The molecule has 0 saturated heterocycles. The van der Waals surface area contributed by atoms with Crippen LogP contribution in [-0.4, -0.2) is 26.5 Å². The zero-order valence-corrected chi connectivity index (χ0v) is 10.6. The largest absolute Gasteiger partial charge is 0.329 e. The van der Waals surface area contributed by atoms with E-state index in [9.17, 15) is 0 Å². The van der Waals surface area contributed by atoms with Crippen LogP contribution in [0.15, 0.2) is 11.6 Å². The van der Waals surface area contributed by atoms with Crippen LogP contribution in [0.3, 0.4) is 0 Å². The van der Waals surface area contributed by atoms with E-state index in [1.54, 1.807) is 16.0 Å². The number of aryl methyl sites for hydroxylation is 1. The summed E-state index contributed by atoms with van der Waals surface area (Å²) < 4.78 is 1.75. The van der Waals surface area contributed by atoms with Crippen LogP contribution in [0, 0.1) is 6.92 Å². The molecule has 0 fully saturated rings. The van der Waals surface area contributed by atoms with Gasteiger partial charge in [0.15, 0.2) is 0 Å². The van der Waals surface area contributed by atoms with Crippen molar-refractivity contribution in [3.63, 3.8) is 0 Å². The lowest BCUT2D eigenvalue weighted by Crippen LogP contribution is -2.13. The first-order valence-electron chi connectivity index (χ1n) is 5.48. The van der Waals surface area contributed by atoms with Gasteiger partial charge in [0.2, 0.25) is 0 Å². The maximum atomic E-state index is 5.44. The van der Waals surface area contributed by atoms with Crippen molar-refractivity contribution in [1.82, 2.24) is 25.3 Å². The third kappa shape index (κ3) is 3.58. The highest BCUT2D eigenvalue weighted by molar-refractivity contribution is 7.09. The third-order valence-electron chi connectivity index (χ3n) is 2.19. The summed E-state index contributed by atoms with van der Waals surface area (Å²) in [6, 6.07) is 0. The maximum absolute atomic E-state index is 5.44. The molecule has 2 heterocycles. The minimum Gasteiger partial charge on any atom is -0.329 e. The number of rotatable bonds is 6. The van der Waals surface area contributed by atoms with Crippen molar-refractivity contribution in [1.29, 1.82) is 0 Å². The summed E-state index contributed by atoms with van der Waals surface area (Å²) in [6.07, 6.45) is 1.91. The summed E-state index contributed by atoms with van der Waals surface area (Å²) in [7, 11) is 0. The zero-order chi connectivity index (χ0) is 12.1. The molecule has 0 bridgehead atoms. The normalized spacial score (nSPS) is 10.9. The number of nitrogens with two attached hydrogens (primary N) is 1. The lowest BCUT2D eigenvalue weighted by atomic mass is 10.4. The number of hydrogen-bond donors (Lipinski definition) is 2. The molecule has 0 radical (unpaired) electrons. The zero-order valence-electron chi connectivity index (χ0n) is 9.76. The molecule has 92 valence electrons. The van der Waals surface area contributed by atoms with Crippen LogP contribution in [0.25, 0.3) is 0 Å². The van der Waals surface area contributed by atoms with E-state index >= 15 is 0 Å². The molecule has 0 aliphatic rings. The topological polar surface area (TPSA) is 81.7 Å².